The van der Waals surface area contributed by atoms with E-state index >= 15 is 0 Å². The molecule has 2 heterocycles. The van der Waals surface area contributed by atoms with Gasteiger partial charge in [0.05, 0.1) is 0 Å². The van der Waals surface area contributed by atoms with Crippen LogP contribution < -0.4 is 0 Å². The molecule has 1 aromatic carbocycles. The summed E-state index contributed by atoms with van der Waals surface area (Å²) in [6.45, 7) is 6.21. The molecule has 4 nitrogen and oxygen atoms in total. The number of allylic oxidation sites excluding steroid dienone is 2. The lowest BCUT2D eigenvalue weighted by Gasteiger charge is -2.47. The molecular formula is C22H29NO3. The minimum absolute atomic E-state index is 0.0402. The van der Waals surface area contributed by atoms with Crippen molar-refractivity contribution >= 4 is 11.9 Å². The average molecular weight is 355 g/mol. The standard InChI is InChI=1S/C22H29NO3/c1-15(2)16(3)21(24)18-12-19-10-7-11-20(13-18)23(19)22(25)26-14-17-8-5-4-6-9-17/h4-6,8-9,18-20H,7,10-14H2,1-3H3. The van der Waals surface area contributed by atoms with Gasteiger partial charge in [0.2, 0.25) is 0 Å². The quantitative estimate of drug-likeness (QED) is 0.723. The summed E-state index contributed by atoms with van der Waals surface area (Å²) in [5.41, 5.74) is 2.97. The van der Waals surface area contributed by atoms with E-state index in [2.05, 4.69) is 0 Å². The molecule has 0 radical (unpaired) electrons. The molecule has 2 unspecified atom stereocenters. The molecule has 0 aromatic heterocycles. The first-order valence-corrected chi connectivity index (χ1v) is 9.64. The maximum atomic E-state index is 12.8. The van der Waals surface area contributed by atoms with Gasteiger partial charge < -0.3 is 9.64 Å². The van der Waals surface area contributed by atoms with Gasteiger partial charge in [0.25, 0.3) is 0 Å². The van der Waals surface area contributed by atoms with Crippen molar-refractivity contribution in [2.45, 2.75) is 71.6 Å². The van der Waals surface area contributed by atoms with Gasteiger partial charge in [0.15, 0.2) is 5.78 Å². The zero-order valence-corrected chi connectivity index (χ0v) is 16.0. The summed E-state index contributed by atoms with van der Waals surface area (Å²) < 4.78 is 5.58. The molecule has 0 aliphatic carbocycles. The number of piperidine rings is 2. The molecule has 2 bridgehead atoms. The number of fused-ring (bicyclic) bond motifs is 2. The molecule has 1 aromatic rings. The second-order valence-electron chi connectivity index (χ2n) is 7.84. The third-order valence-corrected chi connectivity index (χ3v) is 5.88. The lowest BCUT2D eigenvalue weighted by Crippen LogP contribution is -2.55. The Bertz CT molecular complexity index is 677. The molecule has 4 heteroatoms. The van der Waals surface area contributed by atoms with E-state index in [0.29, 0.717) is 6.61 Å². The van der Waals surface area contributed by atoms with E-state index in [4.69, 9.17) is 4.74 Å². The van der Waals surface area contributed by atoms with Gasteiger partial charge in [-0.05, 0) is 64.0 Å². The van der Waals surface area contributed by atoms with Crippen molar-refractivity contribution in [2.75, 3.05) is 0 Å². The topological polar surface area (TPSA) is 46.6 Å². The monoisotopic (exact) mass is 355 g/mol. The van der Waals surface area contributed by atoms with E-state index in [9.17, 15) is 9.59 Å². The van der Waals surface area contributed by atoms with E-state index < -0.39 is 0 Å². The summed E-state index contributed by atoms with van der Waals surface area (Å²) in [4.78, 5) is 27.4. The van der Waals surface area contributed by atoms with E-state index in [0.717, 1.165) is 48.8 Å². The second-order valence-corrected chi connectivity index (χ2v) is 7.84. The van der Waals surface area contributed by atoms with Crippen molar-refractivity contribution in [3.8, 4) is 0 Å². The summed E-state index contributed by atoms with van der Waals surface area (Å²) >= 11 is 0. The molecule has 2 saturated heterocycles. The van der Waals surface area contributed by atoms with Crippen LogP contribution in [0.3, 0.4) is 0 Å². The number of hydrogen-bond donors (Lipinski definition) is 0. The highest BCUT2D eigenvalue weighted by Gasteiger charge is 2.43. The van der Waals surface area contributed by atoms with Gasteiger partial charge in [0, 0.05) is 18.0 Å². The van der Waals surface area contributed by atoms with Crippen LogP contribution in [0.15, 0.2) is 41.5 Å². The van der Waals surface area contributed by atoms with Crippen molar-refractivity contribution in [3.63, 3.8) is 0 Å². The van der Waals surface area contributed by atoms with Crippen molar-refractivity contribution in [1.82, 2.24) is 4.90 Å². The average Bonchev–Trinajstić information content (AvgIpc) is 2.64. The molecule has 2 atom stereocenters. The van der Waals surface area contributed by atoms with E-state index in [-0.39, 0.29) is 29.9 Å². The number of benzene rings is 1. The molecule has 2 fully saturated rings. The van der Waals surface area contributed by atoms with Crippen molar-refractivity contribution < 1.29 is 14.3 Å². The molecule has 0 spiro atoms. The first-order chi connectivity index (χ1) is 12.5. The Hall–Kier alpha value is -2.10. The molecule has 140 valence electrons. The van der Waals surface area contributed by atoms with Crippen LogP contribution in [0.4, 0.5) is 4.79 Å². The highest BCUT2D eigenvalue weighted by atomic mass is 16.6. The second kappa shape index (κ2) is 8.07. The van der Waals surface area contributed by atoms with E-state index in [1.54, 1.807) is 0 Å². The van der Waals surface area contributed by atoms with Gasteiger partial charge in [0.1, 0.15) is 6.61 Å². The predicted molar refractivity (Wildman–Crippen MR) is 102 cm³/mol. The number of hydrogen-bond acceptors (Lipinski definition) is 3. The molecule has 0 N–H and O–H groups in total. The summed E-state index contributed by atoms with van der Waals surface area (Å²) in [5.74, 6) is 0.303. The highest BCUT2D eigenvalue weighted by Crippen LogP contribution is 2.38. The number of ether oxygens (including phenoxy) is 1. The van der Waals surface area contributed by atoms with Crippen molar-refractivity contribution in [1.29, 1.82) is 0 Å². The fraction of sp³-hybridized carbons (Fsp3) is 0.545. The van der Waals surface area contributed by atoms with Crippen LogP contribution in [-0.2, 0) is 16.1 Å². The number of Topliss-reactive ketones (excluding diaryl/α,β-unsaturated/α-hetero) is 1. The number of rotatable bonds is 4. The minimum atomic E-state index is -0.228. The molecule has 2 aliphatic rings. The minimum Gasteiger partial charge on any atom is -0.445 e. The van der Waals surface area contributed by atoms with Crippen LogP contribution in [0.2, 0.25) is 0 Å². The lowest BCUT2D eigenvalue weighted by molar-refractivity contribution is -0.123. The van der Waals surface area contributed by atoms with E-state index in [1.165, 1.54) is 0 Å². The van der Waals surface area contributed by atoms with Gasteiger partial charge in [-0.1, -0.05) is 35.9 Å². The molecular weight excluding hydrogens is 326 g/mol. The normalized spacial score (nSPS) is 24.7. The third kappa shape index (κ3) is 4.00. The molecule has 2 aliphatic heterocycles. The molecule has 26 heavy (non-hydrogen) atoms. The Morgan fingerprint density at radius 3 is 2.23 bits per heavy atom. The first kappa shape index (κ1) is 18.7. The van der Waals surface area contributed by atoms with Gasteiger partial charge >= 0.3 is 6.09 Å². The van der Waals surface area contributed by atoms with Crippen LogP contribution in [0, 0.1) is 5.92 Å². The zero-order valence-electron chi connectivity index (χ0n) is 16.0. The van der Waals surface area contributed by atoms with Crippen molar-refractivity contribution in [3.05, 3.63) is 47.0 Å². The smallest absolute Gasteiger partial charge is 0.410 e. The number of carbonyl (C=O) groups excluding carboxylic acids is 2. The molecule has 1 amide bonds. The van der Waals surface area contributed by atoms with Crippen LogP contribution >= 0.6 is 0 Å². The zero-order chi connectivity index (χ0) is 18.7. The third-order valence-electron chi connectivity index (χ3n) is 5.88. The lowest BCUT2D eigenvalue weighted by atomic mass is 9.75. The van der Waals surface area contributed by atoms with Gasteiger partial charge in [-0.3, -0.25) is 4.79 Å². The van der Waals surface area contributed by atoms with Crippen LogP contribution in [0.5, 0.6) is 0 Å². The summed E-state index contributed by atoms with van der Waals surface area (Å²) in [7, 11) is 0. The number of ketones is 1. The van der Waals surface area contributed by atoms with Crippen LogP contribution in [-0.4, -0.2) is 28.9 Å². The fourth-order valence-corrected chi connectivity index (χ4v) is 4.24. The number of amides is 1. The fourth-order valence-electron chi connectivity index (χ4n) is 4.24. The Labute approximate surface area is 156 Å². The Balaban J connectivity index is 1.66. The summed E-state index contributed by atoms with van der Waals surface area (Å²) in [6.07, 6.45) is 4.36. The van der Waals surface area contributed by atoms with E-state index in [1.807, 2.05) is 56.0 Å². The predicted octanol–water partition coefficient (Wildman–Crippen LogP) is 4.88. The maximum absolute atomic E-state index is 12.8. The number of carbonyl (C=O) groups is 2. The van der Waals surface area contributed by atoms with Crippen molar-refractivity contribution in [2.24, 2.45) is 5.92 Å². The largest absolute Gasteiger partial charge is 0.445 e. The highest BCUT2D eigenvalue weighted by molar-refractivity contribution is 5.97. The number of nitrogens with zero attached hydrogens (tertiary/aromatic N) is 1. The van der Waals surface area contributed by atoms with Gasteiger partial charge in [-0.25, -0.2) is 4.79 Å². The molecule has 3 rings (SSSR count). The SMILES string of the molecule is CC(C)=C(C)C(=O)C1CC2CCCC(C1)N2C(=O)OCc1ccccc1. The Kier molecular flexibility index (Phi) is 5.80. The molecule has 0 saturated carbocycles. The van der Waals surface area contributed by atoms with Crippen LogP contribution in [0.25, 0.3) is 0 Å². The van der Waals surface area contributed by atoms with Gasteiger partial charge in [-0.15, -0.1) is 0 Å². The first-order valence-electron chi connectivity index (χ1n) is 9.64. The summed E-state index contributed by atoms with van der Waals surface area (Å²) in [5, 5.41) is 0. The summed E-state index contributed by atoms with van der Waals surface area (Å²) in [6, 6.07) is 10.0. The van der Waals surface area contributed by atoms with Gasteiger partial charge in [-0.2, -0.15) is 0 Å². The Morgan fingerprint density at radius 2 is 1.65 bits per heavy atom. The van der Waals surface area contributed by atoms with Crippen LogP contribution in [0.1, 0.15) is 58.4 Å². The Morgan fingerprint density at radius 1 is 1.04 bits per heavy atom. The maximum Gasteiger partial charge on any atom is 0.410 e.